The van der Waals surface area contributed by atoms with Crippen molar-refractivity contribution in [3.8, 4) is 5.75 Å². The van der Waals surface area contributed by atoms with Gasteiger partial charge in [-0.25, -0.2) is 4.79 Å². The van der Waals surface area contributed by atoms with Crippen LogP contribution in [0.15, 0.2) is 66.9 Å². The van der Waals surface area contributed by atoms with E-state index < -0.39 is 24.0 Å². The highest BCUT2D eigenvalue weighted by molar-refractivity contribution is 5.85. The molecule has 6 nitrogen and oxygen atoms in total. The summed E-state index contributed by atoms with van der Waals surface area (Å²) in [5.74, 6) is -0.543. The Morgan fingerprint density at radius 2 is 1.92 bits per heavy atom. The molecule has 1 fully saturated rings. The van der Waals surface area contributed by atoms with Gasteiger partial charge in [0, 0.05) is 5.70 Å². The van der Waals surface area contributed by atoms with E-state index in [0.29, 0.717) is 18.1 Å². The molecule has 134 valence electrons. The van der Waals surface area contributed by atoms with Crippen LogP contribution in [0.3, 0.4) is 0 Å². The van der Waals surface area contributed by atoms with Crippen molar-refractivity contribution in [2.75, 3.05) is 7.11 Å². The molecule has 0 aromatic heterocycles. The summed E-state index contributed by atoms with van der Waals surface area (Å²) < 4.78 is 10.7. The maximum atomic E-state index is 12.2. The molecule has 26 heavy (non-hydrogen) atoms. The summed E-state index contributed by atoms with van der Waals surface area (Å²) in [6, 6.07) is 16.1. The second-order valence-electron chi connectivity index (χ2n) is 5.95. The molecule has 2 aromatic carbocycles. The van der Waals surface area contributed by atoms with E-state index >= 15 is 0 Å². The molecule has 0 aliphatic carbocycles. The maximum absolute atomic E-state index is 12.2. The minimum Gasteiger partial charge on any atom is -0.489 e. The van der Waals surface area contributed by atoms with Crippen LogP contribution in [-0.4, -0.2) is 19.1 Å². The average molecular weight is 352 g/mol. The second kappa shape index (κ2) is 7.74. The Morgan fingerprint density at radius 1 is 1.15 bits per heavy atom. The van der Waals surface area contributed by atoms with Crippen molar-refractivity contribution in [3.05, 3.63) is 78.0 Å². The Balaban J connectivity index is 1.81. The Labute approximate surface area is 151 Å². The first-order chi connectivity index (χ1) is 12.6. The van der Waals surface area contributed by atoms with E-state index in [1.165, 1.54) is 7.11 Å². The zero-order valence-corrected chi connectivity index (χ0v) is 14.4. The molecule has 2 amide bonds. The molecule has 6 heteroatoms. The van der Waals surface area contributed by atoms with E-state index in [1.54, 1.807) is 0 Å². The van der Waals surface area contributed by atoms with Gasteiger partial charge in [-0.05, 0) is 23.3 Å². The quantitative estimate of drug-likeness (QED) is 0.811. The minimum atomic E-state index is -0.720. The zero-order valence-electron chi connectivity index (χ0n) is 14.4. The van der Waals surface area contributed by atoms with E-state index in [1.807, 2.05) is 54.6 Å². The number of esters is 1. The number of hydrogen-bond acceptors (Lipinski definition) is 4. The molecule has 1 aliphatic rings. The van der Waals surface area contributed by atoms with Crippen LogP contribution in [0, 0.1) is 5.92 Å². The Hall–Kier alpha value is -3.28. The van der Waals surface area contributed by atoms with E-state index in [0.717, 1.165) is 11.1 Å². The van der Waals surface area contributed by atoms with E-state index in [9.17, 15) is 9.59 Å². The highest BCUT2D eigenvalue weighted by atomic mass is 16.5. The summed E-state index contributed by atoms with van der Waals surface area (Å²) in [7, 11) is 1.31. The smallest absolute Gasteiger partial charge is 0.319 e. The van der Waals surface area contributed by atoms with Gasteiger partial charge in [0.15, 0.2) is 0 Å². The maximum Gasteiger partial charge on any atom is 0.319 e. The SMILES string of the molecule is C=C1NC(=O)NC(c2cccc(OCc3ccccc3)c2)C1C(=O)OC. The van der Waals surface area contributed by atoms with Gasteiger partial charge in [-0.15, -0.1) is 0 Å². The van der Waals surface area contributed by atoms with Crippen LogP contribution in [0.2, 0.25) is 0 Å². The Kier molecular flexibility index (Phi) is 5.22. The molecule has 1 heterocycles. The van der Waals surface area contributed by atoms with Gasteiger partial charge in [0.25, 0.3) is 0 Å². The number of methoxy groups -OCH3 is 1. The number of urea groups is 1. The predicted octanol–water partition coefficient (Wildman–Crippen LogP) is 2.92. The van der Waals surface area contributed by atoms with Gasteiger partial charge in [-0.3, -0.25) is 4.79 Å². The molecule has 1 aliphatic heterocycles. The van der Waals surface area contributed by atoms with Crippen molar-refractivity contribution in [1.82, 2.24) is 10.6 Å². The number of nitrogens with one attached hydrogen (secondary N) is 2. The molecule has 3 rings (SSSR count). The van der Waals surface area contributed by atoms with Crippen molar-refractivity contribution in [2.45, 2.75) is 12.6 Å². The number of amides is 2. The van der Waals surface area contributed by atoms with Crippen molar-refractivity contribution in [2.24, 2.45) is 5.92 Å². The monoisotopic (exact) mass is 352 g/mol. The summed E-state index contributed by atoms with van der Waals surface area (Å²) in [6.07, 6.45) is 0. The van der Waals surface area contributed by atoms with E-state index in [2.05, 4.69) is 17.2 Å². The van der Waals surface area contributed by atoms with Crippen LogP contribution in [0.4, 0.5) is 4.79 Å². The Morgan fingerprint density at radius 3 is 2.65 bits per heavy atom. The van der Waals surface area contributed by atoms with Gasteiger partial charge in [-0.2, -0.15) is 0 Å². The molecule has 2 aromatic rings. The summed E-state index contributed by atoms with van der Waals surface area (Å²) in [6.45, 7) is 4.21. The fraction of sp³-hybridized carbons (Fsp3) is 0.200. The van der Waals surface area contributed by atoms with E-state index in [4.69, 9.17) is 9.47 Å². The van der Waals surface area contributed by atoms with Gasteiger partial charge in [0.05, 0.1) is 13.2 Å². The number of carbonyl (C=O) groups is 2. The first-order valence-electron chi connectivity index (χ1n) is 8.19. The van der Waals surface area contributed by atoms with Crippen LogP contribution >= 0.6 is 0 Å². The third kappa shape index (κ3) is 3.85. The first-order valence-corrected chi connectivity index (χ1v) is 8.19. The van der Waals surface area contributed by atoms with Crippen LogP contribution in [0.25, 0.3) is 0 Å². The highest BCUT2D eigenvalue weighted by Crippen LogP contribution is 2.32. The Bertz CT molecular complexity index is 820. The summed E-state index contributed by atoms with van der Waals surface area (Å²) >= 11 is 0. The first kappa shape index (κ1) is 17.5. The number of benzene rings is 2. The average Bonchev–Trinajstić information content (AvgIpc) is 2.66. The van der Waals surface area contributed by atoms with Gasteiger partial charge in [0.2, 0.25) is 0 Å². The lowest BCUT2D eigenvalue weighted by Gasteiger charge is -2.33. The summed E-state index contributed by atoms with van der Waals surface area (Å²) in [4.78, 5) is 24.0. The van der Waals surface area contributed by atoms with Crippen molar-refractivity contribution in [3.63, 3.8) is 0 Å². The van der Waals surface area contributed by atoms with Crippen LogP contribution in [0.1, 0.15) is 17.2 Å². The fourth-order valence-corrected chi connectivity index (χ4v) is 2.91. The third-order valence-electron chi connectivity index (χ3n) is 4.19. The van der Waals surface area contributed by atoms with Crippen molar-refractivity contribution >= 4 is 12.0 Å². The van der Waals surface area contributed by atoms with Crippen LogP contribution in [0.5, 0.6) is 5.75 Å². The highest BCUT2D eigenvalue weighted by Gasteiger charge is 2.38. The lowest BCUT2D eigenvalue weighted by molar-refractivity contribution is -0.145. The van der Waals surface area contributed by atoms with Crippen LogP contribution < -0.4 is 15.4 Å². The van der Waals surface area contributed by atoms with Crippen LogP contribution in [-0.2, 0) is 16.1 Å². The summed E-state index contributed by atoms with van der Waals surface area (Å²) in [5, 5.41) is 5.29. The van der Waals surface area contributed by atoms with Gasteiger partial charge < -0.3 is 20.1 Å². The van der Waals surface area contributed by atoms with Crippen molar-refractivity contribution in [1.29, 1.82) is 0 Å². The van der Waals surface area contributed by atoms with Gasteiger partial charge in [-0.1, -0.05) is 49.0 Å². The number of ether oxygens (including phenoxy) is 2. The second-order valence-corrected chi connectivity index (χ2v) is 5.95. The summed E-state index contributed by atoms with van der Waals surface area (Å²) in [5.41, 5.74) is 2.09. The molecule has 2 N–H and O–H groups in total. The molecule has 0 bridgehead atoms. The minimum absolute atomic E-state index is 0.307. The number of rotatable bonds is 5. The zero-order chi connectivity index (χ0) is 18.5. The molecular weight excluding hydrogens is 332 g/mol. The molecule has 0 saturated carbocycles. The van der Waals surface area contributed by atoms with E-state index in [-0.39, 0.29) is 0 Å². The molecular formula is C20H20N2O4. The fourth-order valence-electron chi connectivity index (χ4n) is 2.91. The number of carbonyl (C=O) groups excluding carboxylic acids is 2. The van der Waals surface area contributed by atoms with Crippen molar-refractivity contribution < 1.29 is 19.1 Å². The molecule has 0 radical (unpaired) electrons. The lowest BCUT2D eigenvalue weighted by atomic mass is 9.89. The largest absolute Gasteiger partial charge is 0.489 e. The normalized spacial score (nSPS) is 19.3. The molecule has 2 atom stereocenters. The van der Waals surface area contributed by atoms with Gasteiger partial charge in [0.1, 0.15) is 18.3 Å². The predicted molar refractivity (Wildman–Crippen MR) is 96.3 cm³/mol. The molecule has 1 saturated heterocycles. The van der Waals surface area contributed by atoms with Gasteiger partial charge >= 0.3 is 12.0 Å². The lowest BCUT2D eigenvalue weighted by Crippen LogP contribution is -2.51. The molecule has 2 unspecified atom stereocenters. The number of hydrogen-bond donors (Lipinski definition) is 2. The third-order valence-corrected chi connectivity index (χ3v) is 4.19. The standard InChI is InChI=1S/C20H20N2O4/c1-13-17(19(23)25-2)18(22-20(24)21-13)15-9-6-10-16(11-15)26-12-14-7-4-3-5-8-14/h3-11,17-18H,1,12H2,2H3,(H2,21,22,24). The topological polar surface area (TPSA) is 76.7 Å². The molecule has 0 spiro atoms.